The van der Waals surface area contributed by atoms with Gasteiger partial charge in [0.2, 0.25) is 0 Å². The molecule has 0 amide bonds. The van der Waals surface area contributed by atoms with Gasteiger partial charge in [0.05, 0.1) is 0 Å². The second kappa shape index (κ2) is 5.53. The lowest BCUT2D eigenvalue weighted by Crippen LogP contribution is -2.36. The summed E-state index contributed by atoms with van der Waals surface area (Å²) in [5.41, 5.74) is 11.6. The van der Waals surface area contributed by atoms with Crippen molar-refractivity contribution in [3.8, 4) is 0 Å². The van der Waals surface area contributed by atoms with Gasteiger partial charge in [0.25, 0.3) is 0 Å². The zero-order chi connectivity index (χ0) is 14.9. The van der Waals surface area contributed by atoms with Gasteiger partial charge in [-0.05, 0) is 56.4 Å². The van der Waals surface area contributed by atoms with E-state index in [0.29, 0.717) is 0 Å². The largest absolute Gasteiger partial charge is 0.341 e. The number of hydrogen-bond donors (Lipinski definition) is 1. The van der Waals surface area contributed by atoms with Crippen molar-refractivity contribution in [1.82, 2.24) is 0 Å². The Kier molecular flexibility index (Phi) is 3.73. The van der Waals surface area contributed by atoms with E-state index in [2.05, 4.69) is 67.3 Å². The van der Waals surface area contributed by atoms with Gasteiger partial charge >= 0.3 is 0 Å². The second-order valence-corrected chi connectivity index (χ2v) is 6.65. The van der Waals surface area contributed by atoms with Gasteiger partial charge < -0.3 is 10.6 Å². The van der Waals surface area contributed by atoms with E-state index in [0.717, 1.165) is 25.8 Å². The molecule has 1 aliphatic rings. The number of aryl methyl sites for hydroxylation is 2. The number of benzene rings is 2. The minimum atomic E-state index is -0.143. The predicted octanol–water partition coefficient (Wildman–Crippen LogP) is 4.05. The van der Waals surface area contributed by atoms with Gasteiger partial charge in [0.1, 0.15) is 0 Å². The number of nitrogens with zero attached hydrogens (tertiary/aromatic N) is 1. The van der Waals surface area contributed by atoms with Crippen LogP contribution in [0.25, 0.3) is 0 Å². The van der Waals surface area contributed by atoms with E-state index in [9.17, 15) is 0 Å². The summed E-state index contributed by atoms with van der Waals surface area (Å²) in [7, 11) is 0. The maximum atomic E-state index is 6.20. The molecule has 0 unspecified atom stereocenters. The van der Waals surface area contributed by atoms with E-state index in [1.165, 1.54) is 22.5 Å². The first-order chi connectivity index (χ1) is 10.0. The summed E-state index contributed by atoms with van der Waals surface area (Å²) in [6.45, 7) is 5.16. The average molecular weight is 280 g/mol. The molecule has 1 heterocycles. The lowest BCUT2D eigenvalue weighted by molar-refractivity contribution is 0.482. The molecule has 2 N–H and O–H groups in total. The Morgan fingerprint density at radius 3 is 1.86 bits per heavy atom. The average Bonchev–Trinajstić information content (AvgIpc) is 2.61. The van der Waals surface area contributed by atoms with Crippen LogP contribution in [0.4, 0.5) is 11.4 Å². The molecule has 0 spiro atoms. The molecule has 0 fully saturated rings. The van der Waals surface area contributed by atoms with Crippen molar-refractivity contribution in [3.05, 3.63) is 59.7 Å². The summed E-state index contributed by atoms with van der Waals surface area (Å²) in [5, 5.41) is 0. The number of rotatable bonds is 3. The van der Waals surface area contributed by atoms with E-state index in [-0.39, 0.29) is 5.54 Å². The van der Waals surface area contributed by atoms with Gasteiger partial charge in [-0.1, -0.05) is 36.4 Å². The van der Waals surface area contributed by atoms with Crippen LogP contribution in [0, 0.1) is 0 Å². The van der Waals surface area contributed by atoms with Gasteiger partial charge in [0, 0.05) is 23.5 Å². The highest BCUT2D eigenvalue weighted by Gasteiger charge is 2.21. The van der Waals surface area contributed by atoms with Crippen molar-refractivity contribution in [2.24, 2.45) is 5.73 Å². The highest BCUT2D eigenvalue weighted by Crippen LogP contribution is 2.36. The van der Waals surface area contributed by atoms with Crippen LogP contribution < -0.4 is 10.6 Å². The van der Waals surface area contributed by atoms with Gasteiger partial charge in [-0.2, -0.15) is 0 Å². The highest BCUT2D eigenvalue weighted by molar-refractivity contribution is 5.71. The number of nitrogens with two attached hydrogens (primary N) is 1. The van der Waals surface area contributed by atoms with Crippen molar-refractivity contribution in [2.45, 2.75) is 38.6 Å². The van der Waals surface area contributed by atoms with Gasteiger partial charge in [-0.3, -0.25) is 0 Å². The normalized spacial score (nSPS) is 14.3. The molecule has 0 atom stereocenters. The van der Waals surface area contributed by atoms with Crippen LogP contribution >= 0.6 is 0 Å². The fourth-order valence-electron chi connectivity index (χ4n) is 3.01. The molecule has 0 bridgehead atoms. The van der Waals surface area contributed by atoms with Crippen LogP contribution in [0.15, 0.2) is 48.5 Å². The van der Waals surface area contributed by atoms with Gasteiger partial charge in [-0.15, -0.1) is 0 Å². The Labute approximate surface area is 127 Å². The summed E-state index contributed by atoms with van der Waals surface area (Å²) in [5.74, 6) is 0. The molecule has 0 radical (unpaired) electrons. The zero-order valence-corrected chi connectivity index (χ0v) is 13.0. The minimum Gasteiger partial charge on any atom is -0.341 e. The van der Waals surface area contributed by atoms with Crippen molar-refractivity contribution in [1.29, 1.82) is 0 Å². The molecular weight excluding hydrogens is 256 g/mol. The van der Waals surface area contributed by atoms with Crippen molar-refractivity contribution in [2.75, 3.05) is 11.4 Å². The SMILES string of the molecule is CC(C)(N)CCN1c2ccccc2CCc2ccccc21. The number of hydrogen-bond acceptors (Lipinski definition) is 2. The Morgan fingerprint density at radius 2 is 1.38 bits per heavy atom. The predicted molar refractivity (Wildman–Crippen MR) is 90.2 cm³/mol. The fourth-order valence-corrected chi connectivity index (χ4v) is 3.01. The number of fused-ring (bicyclic) bond motifs is 2. The third-order valence-corrected chi connectivity index (χ3v) is 4.21. The lowest BCUT2D eigenvalue weighted by atomic mass is 10.0. The van der Waals surface area contributed by atoms with E-state index >= 15 is 0 Å². The molecule has 2 heteroatoms. The van der Waals surface area contributed by atoms with Crippen molar-refractivity contribution < 1.29 is 0 Å². The number of anilines is 2. The van der Waals surface area contributed by atoms with Crippen LogP contribution in [0.1, 0.15) is 31.4 Å². The molecular formula is C19H24N2. The molecule has 0 aromatic heterocycles. The summed E-state index contributed by atoms with van der Waals surface area (Å²) in [6.07, 6.45) is 3.18. The van der Waals surface area contributed by atoms with Crippen LogP contribution in [0.3, 0.4) is 0 Å². The van der Waals surface area contributed by atoms with Crippen LogP contribution in [-0.2, 0) is 12.8 Å². The Morgan fingerprint density at radius 1 is 0.905 bits per heavy atom. The standard InChI is InChI=1S/C19H24N2/c1-19(2,20)13-14-21-17-9-5-3-7-15(17)11-12-16-8-4-6-10-18(16)21/h3-10H,11-14,20H2,1-2H3. The van der Waals surface area contributed by atoms with Crippen molar-refractivity contribution >= 4 is 11.4 Å². The van der Waals surface area contributed by atoms with E-state index in [1.807, 2.05) is 0 Å². The maximum absolute atomic E-state index is 6.20. The maximum Gasteiger partial charge on any atom is 0.0443 e. The quantitative estimate of drug-likeness (QED) is 0.919. The summed E-state index contributed by atoms with van der Waals surface area (Å²) in [4.78, 5) is 2.45. The van der Waals surface area contributed by atoms with Gasteiger partial charge in [0.15, 0.2) is 0 Å². The first-order valence-electron chi connectivity index (χ1n) is 7.77. The molecule has 0 aliphatic carbocycles. The number of para-hydroxylation sites is 2. The topological polar surface area (TPSA) is 29.3 Å². The molecule has 21 heavy (non-hydrogen) atoms. The van der Waals surface area contributed by atoms with Crippen LogP contribution in [0.2, 0.25) is 0 Å². The molecule has 110 valence electrons. The Hall–Kier alpha value is -1.80. The molecule has 1 aliphatic heterocycles. The monoisotopic (exact) mass is 280 g/mol. The van der Waals surface area contributed by atoms with Gasteiger partial charge in [-0.25, -0.2) is 0 Å². The molecule has 2 aromatic carbocycles. The van der Waals surface area contributed by atoms with E-state index in [1.54, 1.807) is 0 Å². The first-order valence-corrected chi connectivity index (χ1v) is 7.77. The van der Waals surface area contributed by atoms with Crippen LogP contribution in [0.5, 0.6) is 0 Å². The Bertz CT molecular complexity index is 578. The van der Waals surface area contributed by atoms with Crippen LogP contribution in [-0.4, -0.2) is 12.1 Å². The van der Waals surface area contributed by atoms with E-state index < -0.39 is 0 Å². The van der Waals surface area contributed by atoms with E-state index in [4.69, 9.17) is 5.73 Å². The third-order valence-electron chi connectivity index (χ3n) is 4.21. The molecule has 0 saturated carbocycles. The Balaban J connectivity index is 2.02. The summed E-state index contributed by atoms with van der Waals surface area (Å²) < 4.78 is 0. The molecule has 3 rings (SSSR count). The second-order valence-electron chi connectivity index (χ2n) is 6.65. The van der Waals surface area contributed by atoms with Crippen molar-refractivity contribution in [3.63, 3.8) is 0 Å². The minimum absolute atomic E-state index is 0.143. The molecule has 2 aromatic rings. The smallest absolute Gasteiger partial charge is 0.0443 e. The lowest BCUT2D eigenvalue weighted by Gasteiger charge is -2.30. The summed E-state index contributed by atoms with van der Waals surface area (Å²) >= 11 is 0. The fraction of sp³-hybridized carbons (Fsp3) is 0.368. The third kappa shape index (κ3) is 3.11. The first kappa shape index (κ1) is 14.2. The molecule has 2 nitrogen and oxygen atoms in total. The zero-order valence-electron chi connectivity index (χ0n) is 13.0. The summed E-state index contributed by atoms with van der Waals surface area (Å²) in [6, 6.07) is 17.5. The molecule has 0 saturated heterocycles. The highest BCUT2D eigenvalue weighted by atomic mass is 15.1.